The molecule has 0 fully saturated rings. The quantitative estimate of drug-likeness (QED) is 0.106. The third-order valence-electron chi connectivity index (χ3n) is 4.48. The maximum atomic E-state index is 11.0. The normalized spacial score (nSPS) is 12.9. The van der Waals surface area contributed by atoms with Gasteiger partial charge in [0.15, 0.2) is 0 Å². The first-order valence-corrected chi connectivity index (χ1v) is 11.4. The number of hydrogen-bond acceptors (Lipinski definition) is 5. The summed E-state index contributed by atoms with van der Waals surface area (Å²) in [7, 11) is -4.37. The fraction of sp³-hybridized carbons (Fsp3) is 0.944. The molecule has 1 amide bonds. The molecule has 26 heavy (non-hydrogen) atoms. The van der Waals surface area contributed by atoms with Gasteiger partial charge in [-0.15, -0.1) is 0 Å². The molecule has 1 atom stereocenters. The molecule has 1 unspecified atom stereocenters. The highest BCUT2D eigenvalue weighted by molar-refractivity contribution is 7.80. The largest absolute Gasteiger partial charge is 0.397 e. The monoisotopic (exact) mass is 394 g/mol. The van der Waals surface area contributed by atoms with Gasteiger partial charge in [-0.25, -0.2) is 10.0 Å². The molecular weight excluding hydrogens is 356 g/mol. The summed E-state index contributed by atoms with van der Waals surface area (Å²) in [6, 6.07) is 0. The first-order chi connectivity index (χ1) is 12.4. The van der Waals surface area contributed by atoms with Crippen LogP contribution in [0.25, 0.3) is 0 Å². The van der Waals surface area contributed by atoms with Crippen molar-refractivity contribution in [3.8, 4) is 0 Å². The van der Waals surface area contributed by atoms with Gasteiger partial charge in [0.1, 0.15) is 0 Å². The van der Waals surface area contributed by atoms with Crippen LogP contribution >= 0.6 is 0 Å². The lowest BCUT2D eigenvalue weighted by molar-refractivity contribution is -0.121. The lowest BCUT2D eigenvalue weighted by atomic mass is 10.0. The topological polar surface area (TPSA) is 119 Å². The van der Waals surface area contributed by atoms with Gasteiger partial charge in [0.2, 0.25) is 5.91 Å². The summed E-state index contributed by atoms with van der Waals surface area (Å²) in [6.45, 7) is 2.13. The van der Waals surface area contributed by atoms with E-state index in [0.717, 1.165) is 77.0 Å². The predicted octanol–water partition coefficient (Wildman–Crippen LogP) is 4.04. The molecule has 0 aliphatic heterocycles. The Kier molecular flexibility index (Phi) is 16.0. The van der Waals surface area contributed by atoms with Crippen LogP contribution in [0.1, 0.15) is 103 Å². The molecular formula is C18H38N2O5S. The Balaban J connectivity index is 3.69. The number of carbonyl (C=O) groups excluding carboxylic acids is 1. The zero-order valence-electron chi connectivity index (χ0n) is 16.2. The maximum absolute atomic E-state index is 11.0. The van der Waals surface area contributed by atoms with E-state index in [1.54, 1.807) is 0 Å². The summed E-state index contributed by atoms with van der Waals surface area (Å²) in [5.74, 6) is 4.91. The van der Waals surface area contributed by atoms with Crippen molar-refractivity contribution in [2.45, 2.75) is 109 Å². The fourth-order valence-corrected chi connectivity index (χ4v) is 3.54. The van der Waals surface area contributed by atoms with Crippen LogP contribution in [-0.2, 0) is 19.4 Å². The Morgan fingerprint density at radius 1 is 0.923 bits per heavy atom. The van der Waals surface area contributed by atoms with Crippen molar-refractivity contribution >= 4 is 16.3 Å². The number of nitrogens with one attached hydrogen (secondary N) is 1. The van der Waals surface area contributed by atoms with Crippen LogP contribution in [0.2, 0.25) is 0 Å². The van der Waals surface area contributed by atoms with Gasteiger partial charge >= 0.3 is 10.4 Å². The van der Waals surface area contributed by atoms with Crippen LogP contribution in [0.15, 0.2) is 0 Å². The highest BCUT2D eigenvalue weighted by Crippen LogP contribution is 2.18. The molecule has 0 aromatic rings. The number of carbonyl (C=O) groups is 1. The average molecular weight is 395 g/mol. The van der Waals surface area contributed by atoms with Crippen LogP contribution in [0.4, 0.5) is 0 Å². The van der Waals surface area contributed by atoms with Crippen molar-refractivity contribution in [1.82, 2.24) is 5.43 Å². The molecule has 0 aromatic carbocycles. The molecule has 156 valence electrons. The Labute approximate surface area is 159 Å². The molecule has 0 saturated carbocycles. The van der Waals surface area contributed by atoms with Gasteiger partial charge in [-0.05, 0) is 19.3 Å². The molecule has 0 aliphatic rings. The lowest BCUT2D eigenvalue weighted by Gasteiger charge is -2.15. The van der Waals surface area contributed by atoms with E-state index in [-0.39, 0.29) is 5.91 Å². The maximum Gasteiger partial charge on any atom is 0.397 e. The number of nitrogens with two attached hydrogens (primary N) is 1. The van der Waals surface area contributed by atoms with Gasteiger partial charge in [-0.2, -0.15) is 8.42 Å². The highest BCUT2D eigenvalue weighted by atomic mass is 32.3. The summed E-state index contributed by atoms with van der Waals surface area (Å²) in [5, 5.41) is 0. The van der Waals surface area contributed by atoms with Crippen LogP contribution in [0.5, 0.6) is 0 Å². The Hall–Kier alpha value is -0.700. The van der Waals surface area contributed by atoms with Crippen molar-refractivity contribution in [2.24, 2.45) is 5.84 Å². The molecule has 0 bridgehead atoms. The van der Waals surface area contributed by atoms with Gasteiger partial charge in [-0.3, -0.25) is 14.8 Å². The molecule has 0 aromatic heterocycles. The van der Waals surface area contributed by atoms with Gasteiger partial charge in [0.05, 0.1) is 6.10 Å². The SMILES string of the molecule is CCCCCCC(CCCCCCCCCCC(=O)NN)OS(=O)(=O)O. The Bertz CT molecular complexity index is 443. The van der Waals surface area contributed by atoms with E-state index in [1.807, 2.05) is 0 Å². The molecule has 0 saturated heterocycles. The van der Waals surface area contributed by atoms with Crippen LogP contribution in [-0.4, -0.2) is 25.0 Å². The van der Waals surface area contributed by atoms with Crippen molar-refractivity contribution in [3.05, 3.63) is 0 Å². The van der Waals surface area contributed by atoms with Gasteiger partial charge in [0, 0.05) is 6.42 Å². The minimum atomic E-state index is -4.37. The third-order valence-corrected chi connectivity index (χ3v) is 4.99. The van der Waals surface area contributed by atoms with Gasteiger partial charge in [-0.1, -0.05) is 77.6 Å². The first kappa shape index (κ1) is 25.3. The lowest BCUT2D eigenvalue weighted by Crippen LogP contribution is -2.29. The van der Waals surface area contributed by atoms with Crippen molar-refractivity contribution in [1.29, 1.82) is 0 Å². The molecule has 0 spiro atoms. The summed E-state index contributed by atoms with van der Waals surface area (Å²) >= 11 is 0. The van der Waals surface area contributed by atoms with E-state index >= 15 is 0 Å². The molecule has 0 aliphatic carbocycles. The van der Waals surface area contributed by atoms with Gasteiger partial charge in [0.25, 0.3) is 0 Å². The number of unbranched alkanes of at least 4 members (excludes halogenated alkanes) is 10. The van der Waals surface area contributed by atoms with Crippen LogP contribution < -0.4 is 11.3 Å². The molecule has 7 nitrogen and oxygen atoms in total. The summed E-state index contributed by atoms with van der Waals surface area (Å²) < 4.78 is 35.6. The van der Waals surface area contributed by atoms with Crippen LogP contribution in [0, 0.1) is 0 Å². The van der Waals surface area contributed by atoms with Crippen molar-refractivity contribution in [2.75, 3.05) is 0 Å². The second-order valence-electron chi connectivity index (χ2n) is 6.93. The molecule has 8 heteroatoms. The van der Waals surface area contributed by atoms with Gasteiger partial charge < -0.3 is 0 Å². The number of rotatable bonds is 18. The minimum absolute atomic E-state index is 0.110. The smallest absolute Gasteiger partial charge is 0.294 e. The van der Waals surface area contributed by atoms with E-state index in [9.17, 15) is 13.2 Å². The highest BCUT2D eigenvalue weighted by Gasteiger charge is 2.16. The predicted molar refractivity (Wildman–Crippen MR) is 104 cm³/mol. The molecule has 0 radical (unpaired) electrons. The third kappa shape index (κ3) is 18.1. The van der Waals surface area contributed by atoms with Crippen LogP contribution in [0.3, 0.4) is 0 Å². The Morgan fingerprint density at radius 3 is 1.85 bits per heavy atom. The number of hydrogen-bond donors (Lipinski definition) is 3. The minimum Gasteiger partial charge on any atom is -0.294 e. The van der Waals surface area contributed by atoms with E-state index in [4.69, 9.17) is 14.6 Å². The Morgan fingerprint density at radius 2 is 1.38 bits per heavy atom. The summed E-state index contributed by atoms with van der Waals surface area (Å²) in [4.78, 5) is 11.0. The molecule has 0 rings (SSSR count). The van der Waals surface area contributed by atoms with E-state index in [1.165, 1.54) is 0 Å². The van der Waals surface area contributed by atoms with E-state index < -0.39 is 16.5 Å². The first-order valence-electron chi connectivity index (χ1n) is 10.0. The molecule has 4 N–H and O–H groups in total. The van der Waals surface area contributed by atoms with E-state index in [2.05, 4.69) is 12.3 Å². The summed E-state index contributed by atoms with van der Waals surface area (Å²) in [5.41, 5.74) is 2.13. The number of amides is 1. The number of hydrazine groups is 1. The van der Waals surface area contributed by atoms with Crippen molar-refractivity contribution in [3.63, 3.8) is 0 Å². The average Bonchev–Trinajstić information content (AvgIpc) is 2.58. The fourth-order valence-electron chi connectivity index (χ4n) is 3.00. The zero-order chi connectivity index (χ0) is 19.7. The molecule has 0 heterocycles. The second-order valence-corrected chi connectivity index (χ2v) is 7.98. The second kappa shape index (κ2) is 16.5. The zero-order valence-corrected chi connectivity index (χ0v) is 17.1. The summed E-state index contributed by atoms with van der Waals surface area (Å²) in [6.07, 6.45) is 14.0. The van der Waals surface area contributed by atoms with E-state index in [0.29, 0.717) is 19.3 Å². The standard InChI is InChI=1S/C18H38N2O5S/c1-2-3-4-11-14-17(25-26(22,23)24)15-12-9-7-5-6-8-10-13-16-18(21)20-19/h17H,2-16,19H2,1H3,(H,20,21)(H,22,23,24). The van der Waals surface area contributed by atoms with Crippen molar-refractivity contribution < 1.29 is 21.9 Å².